The lowest BCUT2D eigenvalue weighted by atomic mass is 9.98. The number of aromatic nitrogens is 1. The monoisotopic (exact) mass is 582 g/mol. The molecule has 2 amide bonds. The Bertz CT molecular complexity index is 1720. The Balaban J connectivity index is 1.85. The van der Waals surface area contributed by atoms with E-state index in [9.17, 15) is 29.4 Å². The smallest absolute Gasteiger partial charge is 0.303 e. The van der Waals surface area contributed by atoms with Crippen LogP contribution in [0.3, 0.4) is 0 Å². The first-order valence-corrected chi connectivity index (χ1v) is 13.8. The number of carbonyl (C=O) groups is 4. The molecule has 0 saturated carbocycles. The van der Waals surface area contributed by atoms with Crippen molar-refractivity contribution in [3.63, 3.8) is 0 Å². The maximum absolute atomic E-state index is 12.3. The van der Waals surface area contributed by atoms with Crippen LogP contribution in [0, 0.1) is 6.92 Å². The summed E-state index contributed by atoms with van der Waals surface area (Å²) in [7, 11) is 0. The predicted molar refractivity (Wildman–Crippen MR) is 165 cm³/mol. The normalized spacial score (nSPS) is 19.6. The summed E-state index contributed by atoms with van der Waals surface area (Å²) in [5.74, 6) is -2.36. The molecule has 10 heteroatoms. The van der Waals surface area contributed by atoms with E-state index in [1.165, 1.54) is 6.08 Å². The Morgan fingerprint density at radius 1 is 0.767 bits per heavy atom. The van der Waals surface area contributed by atoms with Gasteiger partial charge in [0.15, 0.2) is 0 Å². The molecule has 0 bridgehead atoms. The van der Waals surface area contributed by atoms with Gasteiger partial charge in [-0.1, -0.05) is 25.3 Å². The zero-order valence-electron chi connectivity index (χ0n) is 24.6. The van der Waals surface area contributed by atoms with Crippen LogP contribution in [0.4, 0.5) is 0 Å². The van der Waals surface area contributed by atoms with Crippen molar-refractivity contribution in [3.8, 4) is 0 Å². The topological polar surface area (TPSA) is 161 Å². The van der Waals surface area contributed by atoms with Gasteiger partial charge in [0.25, 0.3) is 11.8 Å². The van der Waals surface area contributed by atoms with E-state index in [-0.39, 0.29) is 37.5 Å². The van der Waals surface area contributed by atoms with E-state index in [1.54, 1.807) is 31.2 Å². The van der Waals surface area contributed by atoms with Crippen LogP contribution in [-0.4, -0.2) is 44.7 Å². The van der Waals surface area contributed by atoms with Crippen LogP contribution >= 0.6 is 0 Å². The predicted octanol–water partition coefficient (Wildman–Crippen LogP) is 4.81. The number of allylic oxidation sites excluding steroid dienone is 5. The zero-order valence-corrected chi connectivity index (χ0v) is 24.6. The zero-order chi connectivity index (χ0) is 31.6. The Hall–Kier alpha value is -5.25. The summed E-state index contributed by atoms with van der Waals surface area (Å²) in [5, 5.41) is 24.5. The van der Waals surface area contributed by atoms with E-state index in [1.807, 2.05) is 20.8 Å². The highest BCUT2D eigenvalue weighted by Crippen LogP contribution is 2.35. The molecule has 222 valence electrons. The van der Waals surface area contributed by atoms with Crippen LogP contribution in [0.5, 0.6) is 0 Å². The summed E-state index contributed by atoms with van der Waals surface area (Å²) in [5.41, 5.74) is 9.11. The lowest BCUT2D eigenvalue weighted by molar-refractivity contribution is -0.138. The van der Waals surface area contributed by atoms with Gasteiger partial charge in [0, 0.05) is 46.6 Å². The van der Waals surface area contributed by atoms with E-state index >= 15 is 0 Å². The van der Waals surface area contributed by atoms with E-state index in [0.29, 0.717) is 50.9 Å². The first-order chi connectivity index (χ1) is 20.4. The largest absolute Gasteiger partial charge is 0.481 e. The number of H-pyrrole nitrogens is 1. The third-order valence-electron chi connectivity index (χ3n) is 7.86. The number of carboxylic acids is 2. The van der Waals surface area contributed by atoms with Crippen LogP contribution < -0.4 is 10.6 Å². The van der Waals surface area contributed by atoms with Gasteiger partial charge in [-0.25, -0.2) is 4.99 Å². The molecule has 0 aromatic carbocycles. The van der Waals surface area contributed by atoms with Crippen molar-refractivity contribution in [2.24, 2.45) is 4.99 Å². The quantitative estimate of drug-likeness (QED) is 0.252. The first-order valence-electron chi connectivity index (χ1n) is 13.8. The third-order valence-corrected chi connectivity index (χ3v) is 7.86. The van der Waals surface area contributed by atoms with Gasteiger partial charge >= 0.3 is 11.9 Å². The fraction of sp³-hybridized carbons (Fsp3) is 0.242. The summed E-state index contributed by atoms with van der Waals surface area (Å²) < 4.78 is 0. The summed E-state index contributed by atoms with van der Waals surface area (Å²) in [6, 6.07) is 0. The number of aromatic amines is 1. The molecule has 0 unspecified atom stereocenters. The molecule has 3 aliphatic heterocycles. The molecule has 0 spiro atoms. The standard InChI is InChI=1S/C33H34N4O6/c1-7-20-19(6)32(42)37-27(20)14-25-18(5)23(10-12-31(40)41)29(35-25)15-28-22(9-11-30(38)39)17(4)24(34-28)13-26-16(3)21(8-2)33(43)36-26/h7-8,13-15,34H,1-2,9-12H2,3-6H3,(H,36,43)(H,37,42)(H,38,39)(H,40,41)/b26-13+,27-14+,29-15+. The molecular formula is C33H34N4O6. The molecule has 1 aromatic rings. The van der Waals surface area contributed by atoms with Gasteiger partial charge in [0.1, 0.15) is 0 Å². The van der Waals surface area contributed by atoms with Gasteiger partial charge < -0.3 is 25.8 Å². The van der Waals surface area contributed by atoms with E-state index in [2.05, 4.69) is 28.8 Å². The molecule has 0 atom stereocenters. The average Bonchev–Trinajstić information content (AvgIpc) is 3.59. The number of nitrogens with zero attached hydrogens (tertiary/aromatic N) is 1. The molecule has 4 rings (SSSR count). The van der Waals surface area contributed by atoms with Gasteiger partial charge in [-0.15, -0.1) is 0 Å². The molecule has 10 nitrogen and oxygen atoms in total. The van der Waals surface area contributed by atoms with Crippen molar-refractivity contribution in [1.29, 1.82) is 0 Å². The first kappa shape index (κ1) is 30.7. The van der Waals surface area contributed by atoms with Crippen molar-refractivity contribution in [2.45, 2.75) is 53.4 Å². The van der Waals surface area contributed by atoms with E-state index in [0.717, 1.165) is 27.8 Å². The van der Waals surface area contributed by atoms with Crippen LogP contribution in [0.15, 0.2) is 86.9 Å². The SMILES string of the molecule is C=CC1=C(C)/C(=C\c2[nH]c(/C=C3N=C(/C=C4/NC(=O)C(C)=C4C=C)C(C)=C/3CCC(=O)O)c(CCC(=O)O)c2C)NC1=O. The Kier molecular flexibility index (Phi) is 8.80. The van der Waals surface area contributed by atoms with Crippen molar-refractivity contribution in [1.82, 2.24) is 15.6 Å². The molecule has 3 aliphatic rings. The lowest BCUT2D eigenvalue weighted by Crippen LogP contribution is -2.16. The number of amides is 2. The van der Waals surface area contributed by atoms with E-state index < -0.39 is 11.9 Å². The number of aliphatic carboxylic acids is 2. The second-order valence-electron chi connectivity index (χ2n) is 10.5. The molecule has 0 aliphatic carbocycles. The maximum Gasteiger partial charge on any atom is 0.303 e. The maximum atomic E-state index is 12.3. The summed E-state index contributed by atoms with van der Waals surface area (Å²) in [4.78, 5) is 55.8. The highest BCUT2D eigenvalue weighted by Gasteiger charge is 2.27. The number of hydrogen-bond acceptors (Lipinski definition) is 5. The van der Waals surface area contributed by atoms with Crippen LogP contribution in [0.2, 0.25) is 0 Å². The fourth-order valence-corrected chi connectivity index (χ4v) is 5.33. The minimum Gasteiger partial charge on any atom is -0.481 e. The minimum absolute atomic E-state index is 0.0990. The number of rotatable bonds is 11. The average molecular weight is 583 g/mol. The molecule has 4 heterocycles. The van der Waals surface area contributed by atoms with Gasteiger partial charge in [0.2, 0.25) is 0 Å². The molecule has 1 aromatic heterocycles. The molecule has 0 radical (unpaired) electrons. The highest BCUT2D eigenvalue weighted by atomic mass is 16.4. The number of hydrogen-bond donors (Lipinski definition) is 5. The molecule has 0 fully saturated rings. The van der Waals surface area contributed by atoms with Crippen LogP contribution in [0.1, 0.15) is 62.5 Å². The molecular weight excluding hydrogens is 548 g/mol. The minimum atomic E-state index is -0.949. The van der Waals surface area contributed by atoms with Crippen molar-refractivity contribution in [2.75, 3.05) is 0 Å². The highest BCUT2D eigenvalue weighted by molar-refractivity contribution is 6.14. The van der Waals surface area contributed by atoms with Gasteiger partial charge in [-0.05, 0) is 86.6 Å². The van der Waals surface area contributed by atoms with Gasteiger partial charge in [-0.3, -0.25) is 19.2 Å². The Labute approximate surface area is 249 Å². The van der Waals surface area contributed by atoms with Crippen LogP contribution in [-0.2, 0) is 25.6 Å². The molecule has 5 N–H and O–H groups in total. The second-order valence-corrected chi connectivity index (χ2v) is 10.5. The number of carbonyl (C=O) groups excluding carboxylic acids is 2. The summed E-state index contributed by atoms with van der Waals surface area (Å²) in [6.45, 7) is 14.8. The van der Waals surface area contributed by atoms with Crippen LogP contribution in [0.25, 0.3) is 12.2 Å². The molecule has 0 saturated heterocycles. The summed E-state index contributed by atoms with van der Waals surface area (Å²) in [6.07, 6.45) is 8.71. The fourth-order valence-electron chi connectivity index (χ4n) is 5.33. The third kappa shape index (κ3) is 6.18. The molecule has 43 heavy (non-hydrogen) atoms. The number of carboxylic acid groups (broad SMARTS) is 2. The second kappa shape index (κ2) is 12.3. The Morgan fingerprint density at radius 3 is 2.00 bits per heavy atom. The number of nitrogens with one attached hydrogen (secondary N) is 3. The van der Waals surface area contributed by atoms with Gasteiger partial charge in [0.05, 0.1) is 17.1 Å². The van der Waals surface area contributed by atoms with Gasteiger partial charge in [-0.2, -0.15) is 0 Å². The van der Waals surface area contributed by atoms with Crippen molar-refractivity contribution < 1.29 is 29.4 Å². The lowest BCUT2D eigenvalue weighted by Gasteiger charge is -2.06. The number of aliphatic imine (C=N–C) groups is 1. The van der Waals surface area contributed by atoms with Crippen molar-refractivity contribution >= 4 is 41.6 Å². The Morgan fingerprint density at radius 2 is 1.40 bits per heavy atom. The van der Waals surface area contributed by atoms with E-state index in [4.69, 9.17) is 4.99 Å². The summed E-state index contributed by atoms with van der Waals surface area (Å²) >= 11 is 0. The van der Waals surface area contributed by atoms with Crippen molar-refractivity contribution in [3.05, 3.63) is 104 Å².